The third-order valence-corrected chi connectivity index (χ3v) is 7.21. The molecular weight excluding hydrogens is 704 g/mol. The van der Waals surface area contributed by atoms with Crippen LogP contribution in [0, 0.1) is 0 Å². The molecule has 62 heteroatoms. The van der Waals surface area contributed by atoms with Crippen molar-refractivity contribution in [3.63, 3.8) is 0 Å². The van der Waals surface area contributed by atoms with Crippen LogP contribution in [0.2, 0.25) is 0 Å². The summed E-state index contributed by atoms with van der Waals surface area (Å²) in [7, 11) is 5.10. The first kappa shape index (κ1) is 67.2. The molecule has 0 atom stereocenters. The minimum absolute atomic E-state index is 0.156. The molecule has 0 aliphatic heterocycles. The molecule has 0 amide bonds. The second kappa shape index (κ2) is 64.2. The third-order valence-electron chi connectivity index (χ3n) is 6.63. The molecule has 196 valence electrons. The van der Waals surface area contributed by atoms with Crippen LogP contribution in [0.1, 0.15) is 0 Å². The van der Waals surface area contributed by atoms with Crippen LogP contribution in [0.15, 0.2) is 0 Å². The van der Waals surface area contributed by atoms with Crippen molar-refractivity contribution in [3.05, 3.63) is 0 Å². The maximum atomic E-state index is 5.67. The Morgan fingerprint density at radius 1 is 0.175 bits per heavy atom. The molecule has 0 bridgehead atoms. The monoisotopic (exact) mass is 719 g/mol. The van der Waals surface area contributed by atoms with Gasteiger partial charge in [-0.2, -0.15) is 0 Å². The molecule has 0 aromatic rings. The molecule has 0 aromatic carbocycles. The van der Waals surface area contributed by atoms with Gasteiger partial charge >= 0.3 is 424 Å². The SMILES string of the molecule is [B]B=BB=BB=BB=BB=BB=BB=BB=BB=BB=BB=BB=BB=BB=BB=BB=BB=BB=BB=BB=BB=BB=BB=BB=BB=BB=BB=BB=BB=BB=S(#B)C. The van der Waals surface area contributed by atoms with E-state index in [9.17, 15) is 0 Å². The Kier molecular flexibility index (Phi) is 68.5. The molecule has 0 aliphatic rings. The zero-order valence-electron chi connectivity index (χ0n) is 36.6. The summed E-state index contributed by atoms with van der Waals surface area (Å²) in [5, 5.41) is 0. The molecule has 0 heterocycles. The summed E-state index contributed by atoms with van der Waals surface area (Å²) in [4.78, 5) is 0. The topological polar surface area (TPSA) is 0 Å². The van der Waals surface area contributed by atoms with Gasteiger partial charge in [-0.05, 0) is 0 Å². The average molecular weight is 707 g/mol. The van der Waals surface area contributed by atoms with Gasteiger partial charge in [-0.1, -0.05) is 0 Å². The van der Waals surface area contributed by atoms with Crippen molar-refractivity contribution in [1.82, 2.24) is 0 Å². The Bertz CT molecular complexity index is 2250. The average Bonchev–Trinajstić information content (AvgIpc) is 3.28. The Balaban J connectivity index is 4.09. The van der Waals surface area contributed by atoms with E-state index in [1.165, 1.54) is 6.69 Å². The Morgan fingerprint density at radius 3 is 0.365 bits per heavy atom. The molecule has 0 spiro atoms. The standard InChI is InChI=1S/CH3B61S/c1-63(3)62-61-60-59-58-57-56-55-54-53-52-51-50-49-48-47-46-45-44-43-42-41-40-39-38-37-36-35-34-33-32-31-30-29-28-27-26-25-24-23-22-21-20-19-18-17-16-15-14-13-12-11-10-9-8-7-6-5-4-2/h1H3. The summed E-state index contributed by atoms with van der Waals surface area (Å²) in [6.07, 6.45) is 1.97. The van der Waals surface area contributed by atoms with Crippen LogP contribution < -0.4 is 0 Å². The van der Waals surface area contributed by atoms with Crippen LogP contribution in [0.3, 0.4) is 0 Å². The molecule has 2 radical (unpaired) electrons. The van der Waals surface area contributed by atoms with Gasteiger partial charge in [0.25, 0.3) is 0 Å². The summed E-state index contributed by atoms with van der Waals surface area (Å²) < 4.78 is 0. The van der Waals surface area contributed by atoms with E-state index in [-0.39, 0.29) is 9.56 Å². The van der Waals surface area contributed by atoms with E-state index in [0.717, 1.165) is 0 Å². The number of hydrogen-bond donors (Lipinski definition) is 0. The van der Waals surface area contributed by atoms with Crippen molar-refractivity contribution in [2.24, 2.45) is 0 Å². The molecule has 0 N–H and O–H groups in total. The Labute approximate surface area is 420 Å². The normalized spacial score (nSPS) is 8.21. The first-order valence-corrected chi connectivity index (χ1v) is 22.3. The zero-order chi connectivity index (χ0) is 45.3. The maximum absolute atomic E-state index is 5.67. The summed E-state index contributed by atoms with van der Waals surface area (Å²) in [6.45, 7) is 120. The predicted octanol–water partition coefficient (Wildman–Crippen LogP) is -22.4. The fourth-order valence-electron chi connectivity index (χ4n) is 3.76. The predicted molar refractivity (Wildman–Crippen MR) is 365 cm³/mol. The van der Waals surface area contributed by atoms with Gasteiger partial charge < -0.3 is 0 Å². The summed E-state index contributed by atoms with van der Waals surface area (Å²) in [5.41, 5.74) is 0. The van der Waals surface area contributed by atoms with E-state index in [4.69, 9.17) is 14.3 Å². The number of rotatable bonds is 29. The van der Waals surface area contributed by atoms with Crippen LogP contribution in [0.5, 0.6) is 0 Å². The quantitative estimate of drug-likeness (QED) is 0.0680. The molecule has 0 unspecified atom stereocenters. The molecule has 0 saturated heterocycles. The Hall–Kier alpha value is 4.18. The molecular formula is CH3B61S. The van der Waals surface area contributed by atoms with Gasteiger partial charge in [-0.15, -0.1) is 0 Å². The van der Waals surface area contributed by atoms with E-state index in [1.807, 2.05) is 387 Å². The second-order valence-corrected chi connectivity index (χ2v) is 13.4. The minimum atomic E-state index is -0.156. The molecule has 0 fully saturated rings. The Morgan fingerprint density at radius 2 is 0.270 bits per heavy atom. The van der Waals surface area contributed by atoms with E-state index in [0.29, 0.717) is 0 Å². The summed E-state index contributed by atoms with van der Waals surface area (Å²) >= 11 is 0. The van der Waals surface area contributed by atoms with Crippen molar-refractivity contribution in [1.29, 1.82) is 0 Å². The zero-order valence-corrected chi connectivity index (χ0v) is 37.4. The molecule has 0 nitrogen and oxygen atoms in total. The van der Waals surface area contributed by atoms with Crippen molar-refractivity contribution in [2.75, 3.05) is 6.26 Å². The van der Waals surface area contributed by atoms with Crippen LogP contribution in [-0.2, 0) is 0 Å². The molecule has 0 aromatic heterocycles. The van der Waals surface area contributed by atoms with Gasteiger partial charge in [0.2, 0.25) is 0 Å². The van der Waals surface area contributed by atoms with Gasteiger partial charge in [0.15, 0.2) is 0 Å². The van der Waals surface area contributed by atoms with Crippen LogP contribution in [0.4, 0.5) is 0 Å². The first-order valence-electron chi connectivity index (χ1n) is 20.5. The van der Waals surface area contributed by atoms with Crippen molar-refractivity contribution >= 4 is 418 Å². The van der Waals surface area contributed by atoms with Crippen LogP contribution in [0.25, 0.3) is 0 Å². The van der Waals surface area contributed by atoms with Crippen LogP contribution >= 0.6 is 9.56 Å². The third kappa shape index (κ3) is 66.2. The fourth-order valence-corrected chi connectivity index (χ4v) is 4.10. The van der Waals surface area contributed by atoms with Gasteiger partial charge in [-0.25, -0.2) is 0 Å². The molecule has 0 saturated carbocycles. The molecule has 0 aliphatic carbocycles. The fraction of sp³-hybridized carbons (Fsp3) is 1.00. The van der Waals surface area contributed by atoms with E-state index < -0.39 is 0 Å². The van der Waals surface area contributed by atoms with Crippen molar-refractivity contribution in [3.8, 4) is 0 Å². The number of hydrogen-bond acceptors (Lipinski definition) is 0. The van der Waals surface area contributed by atoms with Gasteiger partial charge in [0.05, 0.1) is 0 Å². The molecule has 63 heavy (non-hydrogen) atoms. The van der Waals surface area contributed by atoms with Gasteiger partial charge in [0, 0.05) is 0 Å². The van der Waals surface area contributed by atoms with Gasteiger partial charge in [0.1, 0.15) is 0 Å². The first-order chi connectivity index (χ1) is 31.3. The summed E-state index contributed by atoms with van der Waals surface area (Å²) in [5.74, 6) is 0. The van der Waals surface area contributed by atoms with E-state index >= 15 is 0 Å². The van der Waals surface area contributed by atoms with E-state index in [1.54, 1.807) is 6.69 Å². The van der Waals surface area contributed by atoms with E-state index in [2.05, 4.69) is 0 Å². The van der Waals surface area contributed by atoms with Gasteiger partial charge in [-0.3, -0.25) is 0 Å². The molecule has 0 rings (SSSR count). The van der Waals surface area contributed by atoms with Crippen molar-refractivity contribution < 1.29 is 0 Å². The van der Waals surface area contributed by atoms with Crippen LogP contribution in [-0.4, -0.2) is 415 Å². The summed E-state index contributed by atoms with van der Waals surface area (Å²) in [6, 6.07) is 1.97. The van der Waals surface area contributed by atoms with Crippen molar-refractivity contribution in [2.45, 2.75) is 0 Å². The second-order valence-electron chi connectivity index (χ2n) is 11.9.